The number of rotatable bonds is 5. The van der Waals surface area contributed by atoms with Crippen LogP contribution in [0.3, 0.4) is 0 Å². The van der Waals surface area contributed by atoms with Gasteiger partial charge in [-0.2, -0.15) is 0 Å². The van der Waals surface area contributed by atoms with Gasteiger partial charge in [-0.05, 0) is 70.0 Å². The normalized spacial score (nSPS) is 16.7. The number of para-hydroxylation sites is 1. The Morgan fingerprint density at radius 1 is 1.00 bits per heavy atom. The second-order valence-corrected chi connectivity index (χ2v) is 10.3. The molecule has 0 bridgehead atoms. The summed E-state index contributed by atoms with van der Waals surface area (Å²) >= 11 is 0. The molecule has 9 heteroatoms. The molecule has 0 aliphatic carbocycles. The largest absolute Gasteiger partial charge is 0.457 e. The van der Waals surface area contributed by atoms with Crippen molar-refractivity contribution >= 4 is 22.8 Å². The van der Waals surface area contributed by atoms with E-state index in [0.29, 0.717) is 16.4 Å². The quantitative estimate of drug-likeness (QED) is 0.519. The highest BCUT2D eigenvalue weighted by Gasteiger charge is 2.48. The van der Waals surface area contributed by atoms with Gasteiger partial charge in [0, 0.05) is 18.0 Å². The maximum absolute atomic E-state index is 13.5. The van der Waals surface area contributed by atoms with Crippen molar-refractivity contribution in [1.82, 2.24) is 10.4 Å². The Hall–Kier alpha value is -2.91. The minimum atomic E-state index is -1.77. The zero-order valence-electron chi connectivity index (χ0n) is 18.4. The number of ether oxygens (including phenoxy) is 2. The van der Waals surface area contributed by atoms with Crippen LogP contribution in [0, 0.1) is 0 Å². The standard InChI is InChI=1S/C23H28N2O6S/c1-22(2,3)31-21(27)25-15-13-23(14-16-25,20(26)24-28)32(29)19-11-9-18(10-12-19)30-17-7-5-4-6-8-17/h4-12,28H,13-16H2,1-3H3,(H,24,26). The number of nitrogens with zero attached hydrogens (tertiary/aromatic N) is 1. The molecule has 2 aromatic rings. The van der Waals surface area contributed by atoms with E-state index in [4.69, 9.17) is 9.47 Å². The number of carbonyl (C=O) groups excluding carboxylic acids is 2. The van der Waals surface area contributed by atoms with Crippen molar-refractivity contribution in [2.24, 2.45) is 0 Å². The highest BCUT2D eigenvalue weighted by atomic mass is 32.2. The molecule has 2 aromatic carbocycles. The second-order valence-electron chi connectivity index (χ2n) is 8.56. The number of likely N-dealkylation sites (tertiary alicyclic amines) is 1. The third kappa shape index (κ3) is 5.46. The Morgan fingerprint density at radius 3 is 2.09 bits per heavy atom. The molecular weight excluding hydrogens is 432 g/mol. The zero-order valence-corrected chi connectivity index (χ0v) is 19.2. The maximum atomic E-state index is 13.5. The van der Waals surface area contributed by atoms with E-state index in [9.17, 15) is 19.0 Å². The van der Waals surface area contributed by atoms with Crippen LogP contribution in [-0.2, 0) is 20.3 Å². The second kappa shape index (κ2) is 9.70. The maximum Gasteiger partial charge on any atom is 0.410 e. The van der Waals surface area contributed by atoms with Crippen LogP contribution in [0.2, 0.25) is 0 Å². The smallest absolute Gasteiger partial charge is 0.410 e. The average molecular weight is 461 g/mol. The van der Waals surface area contributed by atoms with E-state index in [0.717, 1.165) is 0 Å². The van der Waals surface area contributed by atoms with E-state index in [1.807, 2.05) is 30.3 Å². The zero-order chi connectivity index (χ0) is 23.4. The van der Waals surface area contributed by atoms with Gasteiger partial charge < -0.3 is 14.4 Å². The number of hydrogen-bond acceptors (Lipinski definition) is 6. The number of carbonyl (C=O) groups is 2. The molecule has 1 unspecified atom stereocenters. The minimum absolute atomic E-state index is 0.119. The number of hydroxylamine groups is 1. The molecule has 0 aromatic heterocycles. The fraction of sp³-hybridized carbons (Fsp3) is 0.391. The summed E-state index contributed by atoms with van der Waals surface area (Å²) < 4.78 is 23.2. The number of benzene rings is 2. The number of hydrogen-bond donors (Lipinski definition) is 2. The van der Waals surface area contributed by atoms with E-state index in [-0.39, 0.29) is 25.9 Å². The van der Waals surface area contributed by atoms with E-state index in [2.05, 4.69) is 0 Å². The molecule has 1 aliphatic heterocycles. The number of piperidine rings is 1. The van der Waals surface area contributed by atoms with Crippen LogP contribution >= 0.6 is 0 Å². The van der Waals surface area contributed by atoms with E-state index < -0.39 is 33.1 Å². The average Bonchev–Trinajstić information content (AvgIpc) is 2.78. The molecule has 3 rings (SSSR count). The van der Waals surface area contributed by atoms with Gasteiger partial charge in [-0.15, -0.1) is 0 Å². The first-order valence-corrected chi connectivity index (χ1v) is 11.5. The van der Waals surface area contributed by atoms with Crippen molar-refractivity contribution in [2.75, 3.05) is 13.1 Å². The van der Waals surface area contributed by atoms with Gasteiger partial charge in [0.1, 0.15) is 21.8 Å². The monoisotopic (exact) mass is 460 g/mol. The molecule has 1 saturated heterocycles. The van der Waals surface area contributed by atoms with Gasteiger partial charge in [0.15, 0.2) is 0 Å². The van der Waals surface area contributed by atoms with Crippen molar-refractivity contribution in [3.05, 3.63) is 54.6 Å². The SMILES string of the molecule is CC(C)(C)OC(=O)N1CCC(C(=O)NO)(S(=O)c2ccc(Oc3ccccc3)cc2)CC1. The van der Waals surface area contributed by atoms with Crippen LogP contribution in [0.4, 0.5) is 4.79 Å². The first-order valence-electron chi connectivity index (χ1n) is 10.3. The predicted molar refractivity (Wildman–Crippen MR) is 119 cm³/mol. The summed E-state index contributed by atoms with van der Waals surface area (Å²) in [5.74, 6) is 0.508. The fourth-order valence-corrected chi connectivity index (χ4v) is 5.06. The predicted octanol–water partition coefficient (Wildman–Crippen LogP) is 3.86. The summed E-state index contributed by atoms with van der Waals surface area (Å²) in [6.45, 7) is 5.70. The Balaban J connectivity index is 1.74. The van der Waals surface area contributed by atoms with Gasteiger partial charge >= 0.3 is 6.09 Å². The van der Waals surface area contributed by atoms with Gasteiger partial charge in [0.05, 0.1) is 10.8 Å². The molecule has 0 radical (unpaired) electrons. The Bertz CT molecular complexity index is 964. The van der Waals surface area contributed by atoms with Crippen molar-refractivity contribution in [1.29, 1.82) is 0 Å². The lowest BCUT2D eigenvalue weighted by atomic mass is 9.95. The molecular formula is C23H28N2O6S. The lowest BCUT2D eigenvalue weighted by Gasteiger charge is -2.39. The molecule has 1 fully saturated rings. The molecule has 2 N–H and O–H groups in total. The summed E-state index contributed by atoms with van der Waals surface area (Å²) in [6.07, 6.45) is -0.246. The first-order chi connectivity index (χ1) is 15.1. The molecule has 8 nitrogen and oxygen atoms in total. The van der Waals surface area contributed by atoms with Gasteiger partial charge in [-0.1, -0.05) is 18.2 Å². The molecule has 2 amide bonds. The van der Waals surface area contributed by atoms with E-state index in [1.54, 1.807) is 50.5 Å². The highest BCUT2D eigenvalue weighted by Crippen LogP contribution is 2.34. The van der Waals surface area contributed by atoms with Crippen LogP contribution in [0.25, 0.3) is 0 Å². The van der Waals surface area contributed by atoms with E-state index in [1.165, 1.54) is 4.90 Å². The van der Waals surface area contributed by atoms with Crippen LogP contribution in [-0.4, -0.2) is 49.8 Å². The lowest BCUT2D eigenvalue weighted by Crippen LogP contribution is -2.57. The van der Waals surface area contributed by atoms with Crippen molar-refractivity contribution in [3.63, 3.8) is 0 Å². The topological polar surface area (TPSA) is 105 Å². The number of nitrogens with one attached hydrogen (secondary N) is 1. The van der Waals surface area contributed by atoms with Crippen molar-refractivity contribution in [2.45, 2.75) is 48.9 Å². The summed E-state index contributed by atoms with van der Waals surface area (Å²) in [5, 5.41) is 9.32. The lowest BCUT2D eigenvalue weighted by molar-refractivity contribution is -0.133. The minimum Gasteiger partial charge on any atom is -0.457 e. The van der Waals surface area contributed by atoms with Crippen molar-refractivity contribution < 1.29 is 28.5 Å². The first kappa shape index (κ1) is 23.7. The fourth-order valence-electron chi connectivity index (χ4n) is 3.46. The Kier molecular flexibility index (Phi) is 7.20. The third-order valence-electron chi connectivity index (χ3n) is 5.11. The van der Waals surface area contributed by atoms with Gasteiger partial charge in [-0.3, -0.25) is 14.2 Å². The van der Waals surface area contributed by atoms with Gasteiger partial charge in [-0.25, -0.2) is 10.3 Å². The molecule has 172 valence electrons. The molecule has 1 aliphatic rings. The van der Waals surface area contributed by atoms with Gasteiger partial charge in [0.25, 0.3) is 5.91 Å². The van der Waals surface area contributed by atoms with Gasteiger partial charge in [0.2, 0.25) is 0 Å². The molecule has 0 spiro atoms. The Labute approximate surface area is 189 Å². The van der Waals surface area contributed by atoms with Crippen LogP contribution in [0.1, 0.15) is 33.6 Å². The summed E-state index contributed by atoms with van der Waals surface area (Å²) in [7, 11) is -1.77. The summed E-state index contributed by atoms with van der Waals surface area (Å²) in [4.78, 5) is 26.9. The molecule has 1 heterocycles. The molecule has 0 saturated carbocycles. The third-order valence-corrected chi connectivity index (χ3v) is 7.11. The van der Waals surface area contributed by atoms with Crippen LogP contribution in [0.5, 0.6) is 11.5 Å². The Morgan fingerprint density at radius 2 is 1.56 bits per heavy atom. The van der Waals surface area contributed by atoms with Crippen LogP contribution in [0.15, 0.2) is 59.5 Å². The molecule has 1 atom stereocenters. The van der Waals surface area contributed by atoms with Crippen LogP contribution < -0.4 is 10.2 Å². The van der Waals surface area contributed by atoms with E-state index >= 15 is 0 Å². The summed E-state index contributed by atoms with van der Waals surface area (Å²) in [6, 6.07) is 15.9. The summed E-state index contributed by atoms with van der Waals surface area (Å²) in [5.41, 5.74) is 1.02. The number of amides is 2. The highest BCUT2D eigenvalue weighted by molar-refractivity contribution is 7.87. The van der Waals surface area contributed by atoms with Crippen molar-refractivity contribution in [3.8, 4) is 11.5 Å². The molecule has 32 heavy (non-hydrogen) atoms.